The van der Waals surface area contributed by atoms with Gasteiger partial charge in [-0.25, -0.2) is 8.42 Å². The number of rotatable bonds is 8. The summed E-state index contributed by atoms with van der Waals surface area (Å²) >= 11 is 0. The van der Waals surface area contributed by atoms with Crippen LogP contribution < -0.4 is 5.32 Å². The van der Waals surface area contributed by atoms with E-state index in [1.54, 1.807) is 6.07 Å². The topological polar surface area (TPSA) is 62.6 Å². The lowest BCUT2D eigenvalue weighted by molar-refractivity contribution is 0.321. The van der Waals surface area contributed by atoms with E-state index >= 15 is 0 Å². The lowest BCUT2D eigenvalue weighted by atomic mass is 10.3. The third-order valence-corrected chi connectivity index (χ3v) is 5.24. The van der Waals surface area contributed by atoms with Gasteiger partial charge in [-0.05, 0) is 25.5 Å². The number of nitrogens with zero attached hydrogens (tertiary/aromatic N) is 1. The van der Waals surface area contributed by atoms with E-state index < -0.39 is 10.0 Å². The Morgan fingerprint density at radius 2 is 1.90 bits per heavy atom. The fourth-order valence-electron chi connectivity index (χ4n) is 1.93. The molecule has 0 saturated heterocycles. The number of furan rings is 1. The van der Waals surface area contributed by atoms with E-state index in [0.717, 1.165) is 6.42 Å². The summed E-state index contributed by atoms with van der Waals surface area (Å²) in [6, 6.07) is 3.55. The van der Waals surface area contributed by atoms with Crippen LogP contribution in [0.25, 0.3) is 0 Å². The molecule has 1 atom stereocenters. The van der Waals surface area contributed by atoms with Crippen molar-refractivity contribution in [2.75, 3.05) is 6.54 Å². The first-order chi connectivity index (χ1) is 9.32. The summed E-state index contributed by atoms with van der Waals surface area (Å²) in [6.45, 7) is 10.8. The van der Waals surface area contributed by atoms with Crippen LogP contribution in [0, 0.1) is 0 Å². The average molecular weight is 302 g/mol. The molecule has 0 aliphatic carbocycles. The van der Waals surface area contributed by atoms with Crippen LogP contribution in [0.15, 0.2) is 21.6 Å². The Bertz CT molecular complexity index is 508. The molecular formula is C14H26N2O3S. The first kappa shape index (κ1) is 17.2. The van der Waals surface area contributed by atoms with Gasteiger partial charge in [-0.3, -0.25) is 0 Å². The second-order valence-corrected chi connectivity index (χ2v) is 7.04. The van der Waals surface area contributed by atoms with Gasteiger partial charge in [0.05, 0.1) is 6.54 Å². The molecular weight excluding hydrogens is 276 g/mol. The third-order valence-electron chi connectivity index (χ3n) is 3.28. The summed E-state index contributed by atoms with van der Waals surface area (Å²) < 4.78 is 32.0. The van der Waals surface area contributed by atoms with Crippen molar-refractivity contribution in [2.45, 2.75) is 64.8 Å². The zero-order chi connectivity index (χ0) is 15.3. The molecule has 1 N–H and O–H groups in total. The predicted octanol–water partition coefficient (Wildman–Crippen LogP) is 2.59. The normalized spacial score (nSPS) is 14.2. The molecule has 116 valence electrons. The quantitative estimate of drug-likeness (QED) is 0.801. The van der Waals surface area contributed by atoms with Gasteiger partial charge in [-0.15, -0.1) is 0 Å². The third kappa shape index (κ3) is 4.07. The van der Waals surface area contributed by atoms with Crippen molar-refractivity contribution in [1.29, 1.82) is 0 Å². The predicted molar refractivity (Wildman–Crippen MR) is 80.0 cm³/mol. The Kier molecular flexibility index (Phi) is 6.23. The van der Waals surface area contributed by atoms with E-state index in [2.05, 4.69) is 5.32 Å². The van der Waals surface area contributed by atoms with Gasteiger partial charge in [0.2, 0.25) is 5.09 Å². The molecule has 1 unspecified atom stereocenters. The van der Waals surface area contributed by atoms with Gasteiger partial charge in [0.25, 0.3) is 10.0 Å². The van der Waals surface area contributed by atoms with Gasteiger partial charge in [0, 0.05) is 18.6 Å². The molecule has 0 aliphatic rings. The summed E-state index contributed by atoms with van der Waals surface area (Å²) in [6.07, 6.45) is 0.773. The molecule has 0 radical (unpaired) electrons. The van der Waals surface area contributed by atoms with E-state index in [1.165, 1.54) is 10.4 Å². The molecule has 0 bridgehead atoms. The van der Waals surface area contributed by atoms with Crippen molar-refractivity contribution < 1.29 is 12.8 Å². The number of nitrogens with one attached hydrogen (secondary N) is 1. The van der Waals surface area contributed by atoms with Crippen molar-refractivity contribution in [2.24, 2.45) is 0 Å². The lowest BCUT2D eigenvalue weighted by Crippen LogP contribution is -2.37. The smallest absolute Gasteiger partial charge is 0.276 e. The molecule has 6 heteroatoms. The van der Waals surface area contributed by atoms with E-state index in [1.807, 2.05) is 34.6 Å². The molecule has 0 aromatic carbocycles. The minimum Gasteiger partial charge on any atom is -0.447 e. The molecule has 1 aromatic heterocycles. The van der Waals surface area contributed by atoms with Gasteiger partial charge in [-0.1, -0.05) is 27.7 Å². The first-order valence-corrected chi connectivity index (χ1v) is 8.60. The summed E-state index contributed by atoms with van der Waals surface area (Å²) in [7, 11) is -3.54. The standard InChI is InChI=1S/C14H26N2O3S/c1-6-12(5)16(7-2)20(17,18)14-9-8-13(19-14)10-15-11(3)4/h8-9,11-12,15H,6-7,10H2,1-5H3. The SMILES string of the molecule is CCC(C)N(CC)S(=O)(=O)c1ccc(CNC(C)C)o1. The fourth-order valence-corrected chi connectivity index (χ4v) is 3.58. The fraction of sp³-hybridized carbons (Fsp3) is 0.714. The highest BCUT2D eigenvalue weighted by molar-refractivity contribution is 7.89. The van der Waals surface area contributed by atoms with Gasteiger partial charge >= 0.3 is 0 Å². The van der Waals surface area contributed by atoms with E-state index in [4.69, 9.17) is 4.42 Å². The summed E-state index contributed by atoms with van der Waals surface area (Å²) in [4.78, 5) is 0. The van der Waals surface area contributed by atoms with Crippen molar-refractivity contribution in [1.82, 2.24) is 9.62 Å². The minimum absolute atomic E-state index is 0.0280. The zero-order valence-corrected chi connectivity index (χ0v) is 13.8. The molecule has 1 rings (SSSR count). The van der Waals surface area contributed by atoms with Crippen LogP contribution >= 0.6 is 0 Å². The van der Waals surface area contributed by atoms with Crippen molar-refractivity contribution in [3.63, 3.8) is 0 Å². The molecule has 0 fully saturated rings. The Labute approximate surface area is 122 Å². The highest BCUT2D eigenvalue weighted by Crippen LogP contribution is 2.21. The van der Waals surface area contributed by atoms with Crippen LogP contribution in [0.2, 0.25) is 0 Å². The van der Waals surface area contributed by atoms with Gasteiger partial charge < -0.3 is 9.73 Å². The minimum atomic E-state index is -3.54. The highest BCUT2D eigenvalue weighted by Gasteiger charge is 2.29. The van der Waals surface area contributed by atoms with E-state index in [0.29, 0.717) is 24.9 Å². The largest absolute Gasteiger partial charge is 0.447 e. The molecule has 5 nitrogen and oxygen atoms in total. The van der Waals surface area contributed by atoms with E-state index in [-0.39, 0.29) is 11.1 Å². The van der Waals surface area contributed by atoms with E-state index in [9.17, 15) is 8.42 Å². The monoisotopic (exact) mass is 302 g/mol. The second-order valence-electron chi connectivity index (χ2n) is 5.22. The Morgan fingerprint density at radius 3 is 2.40 bits per heavy atom. The van der Waals surface area contributed by atoms with Gasteiger partial charge in [-0.2, -0.15) is 4.31 Å². The summed E-state index contributed by atoms with van der Waals surface area (Å²) in [5.74, 6) is 0.637. The van der Waals surface area contributed by atoms with Crippen molar-refractivity contribution in [3.05, 3.63) is 17.9 Å². The maximum Gasteiger partial charge on any atom is 0.276 e. The zero-order valence-electron chi connectivity index (χ0n) is 13.0. The molecule has 1 heterocycles. The molecule has 0 spiro atoms. The second kappa shape index (κ2) is 7.24. The molecule has 0 saturated carbocycles. The Balaban J connectivity index is 2.92. The Morgan fingerprint density at radius 1 is 1.25 bits per heavy atom. The van der Waals surface area contributed by atoms with Crippen LogP contribution in [0.5, 0.6) is 0 Å². The van der Waals surface area contributed by atoms with Gasteiger partial charge in [0.15, 0.2) is 0 Å². The van der Waals surface area contributed by atoms with Crippen LogP contribution in [0.1, 0.15) is 46.8 Å². The molecule has 0 aliphatic heterocycles. The Hall–Kier alpha value is -0.850. The lowest BCUT2D eigenvalue weighted by Gasteiger charge is -2.24. The van der Waals surface area contributed by atoms with Crippen LogP contribution in [-0.4, -0.2) is 31.4 Å². The van der Waals surface area contributed by atoms with Crippen LogP contribution in [0.3, 0.4) is 0 Å². The molecule has 1 aromatic rings. The van der Waals surface area contributed by atoms with Gasteiger partial charge in [0.1, 0.15) is 5.76 Å². The molecule has 20 heavy (non-hydrogen) atoms. The number of hydrogen-bond donors (Lipinski definition) is 1. The van der Waals surface area contributed by atoms with Crippen LogP contribution in [0.4, 0.5) is 0 Å². The van der Waals surface area contributed by atoms with Crippen molar-refractivity contribution >= 4 is 10.0 Å². The maximum absolute atomic E-state index is 12.5. The highest BCUT2D eigenvalue weighted by atomic mass is 32.2. The number of hydrogen-bond acceptors (Lipinski definition) is 4. The van der Waals surface area contributed by atoms with Crippen LogP contribution in [-0.2, 0) is 16.6 Å². The average Bonchev–Trinajstić information content (AvgIpc) is 2.86. The number of sulfonamides is 1. The molecule has 0 amide bonds. The summed E-state index contributed by atoms with van der Waals surface area (Å²) in [5, 5.41) is 3.23. The summed E-state index contributed by atoms with van der Waals surface area (Å²) in [5.41, 5.74) is 0. The van der Waals surface area contributed by atoms with Crippen molar-refractivity contribution in [3.8, 4) is 0 Å². The first-order valence-electron chi connectivity index (χ1n) is 7.16. The maximum atomic E-state index is 12.5.